The molecule has 0 bridgehead atoms. The molecule has 0 unspecified atom stereocenters. The zero-order valence-corrected chi connectivity index (χ0v) is 24.5. The number of fused-ring (bicyclic) bond motifs is 2. The summed E-state index contributed by atoms with van der Waals surface area (Å²) in [5.74, 6) is 0.312. The van der Waals surface area contributed by atoms with Crippen molar-refractivity contribution >= 4 is 0 Å². The fraction of sp³-hybridized carbons (Fsp3) is 0.367. The Hall–Kier alpha value is -4.43. The van der Waals surface area contributed by atoms with E-state index in [0.29, 0.717) is 43.1 Å². The second-order valence-corrected chi connectivity index (χ2v) is 9.33. The molecule has 0 saturated heterocycles. The highest BCUT2D eigenvalue weighted by Crippen LogP contribution is 2.49. The zero-order chi connectivity index (χ0) is 31.8. The number of rotatable bonds is 8. The molecule has 3 aliphatic heterocycles. The van der Waals surface area contributed by atoms with Gasteiger partial charge in [0.25, 0.3) is 6.43 Å². The Morgan fingerprint density at radius 1 is 0.955 bits per heavy atom. The van der Waals surface area contributed by atoms with Crippen molar-refractivity contribution in [3.8, 4) is 45.5 Å². The van der Waals surface area contributed by atoms with Crippen molar-refractivity contribution in [1.29, 1.82) is 0 Å². The topological polar surface area (TPSA) is 112 Å². The van der Waals surface area contributed by atoms with Crippen LogP contribution in [0.4, 0.5) is 17.6 Å². The molecular weight excluding hydrogens is 584 g/mol. The summed E-state index contributed by atoms with van der Waals surface area (Å²) in [7, 11) is 1.56. The van der Waals surface area contributed by atoms with Gasteiger partial charge in [-0.15, -0.1) is 5.10 Å². The Morgan fingerprint density at radius 2 is 1.68 bits per heavy atom. The van der Waals surface area contributed by atoms with Crippen molar-refractivity contribution in [2.75, 3.05) is 19.8 Å². The molecule has 2 N–H and O–H groups in total. The Kier molecular flexibility index (Phi) is 11.0. The van der Waals surface area contributed by atoms with Crippen molar-refractivity contribution < 1.29 is 37.2 Å². The van der Waals surface area contributed by atoms with Gasteiger partial charge in [0.15, 0.2) is 0 Å². The van der Waals surface area contributed by atoms with Crippen LogP contribution >= 0.6 is 0 Å². The maximum absolute atomic E-state index is 14.3. The average Bonchev–Trinajstić information content (AvgIpc) is 3.71. The van der Waals surface area contributed by atoms with Crippen LogP contribution in [-0.4, -0.2) is 65.8 Å². The molecule has 0 atom stereocenters. The summed E-state index contributed by atoms with van der Waals surface area (Å²) in [6.07, 6.45) is 1.03. The first-order valence-corrected chi connectivity index (χ1v) is 14.1. The monoisotopic (exact) mass is 618 g/mol. The van der Waals surface area contributed by atoms with Crippen LogP contribution in [0.2, 0.25) is 0 Å². The lowest BCUT2D eigenvalue weighted by Gasteiger charge is -2.16. The fourth-order valence-corrected chi connectivity index (χ4v) is 4.84. The van der Waals surface area contributed by atoms with E-state index in [1.54, 1.807) is 19.2 Å². The first-order chi connectivity index (χ1) is 21.3. The molecule has 3 aromatic rings. The smallest absolute Gasteiger partial charge is 0.388 e. The van der Waals surface area contributed by atoms with E-state index in [1.807, 2.05) is 54.9 Å². The van der Waals surface area contributed by atoms with Crippen LogP contribution in [0.5, 0.6) is 11.8 Å². The molecule has 1 aromatic carbocycles. The summed E-state index contributed by atoms with van der Waals surface area (Å²) in [6, 6.07) is 13.2. The van der Waals surface area contributed by atoms with Gasteiger partial charge >= 0.3 is 6.61 Å². The third-order valence-electron chi connectivity index (χ3n) is 6.46. The van der Waals surface area contributed by atoms with E-state index >= 15 is 0 Å². The quantitative estimate of drug-likeness (QED) is 0.217. The summed E-state index contributed by atoms with van der Waals surface area (Å²) >= 11 is 0. The van der Waals surface area contributed by atoms with Crippen molar-refractivity contribution in [3.63, 3.8) is 0 Å². The molecule has 236 valence electrons. The van der Waals surface area contributed by atoms with Gasteiger partial charge in [0.05, 0.1) is 36.6 Å². The molecule has 0 fully saturated rings. The van der Waals surface area contributed by atoms with Crippen LogP contribution in [0.3, 0.4) is 0 Å². The van der Waals surface area contributed by atoms with Crippen LogP contribution in [0.15, 0.2) is 54.9 Å². The Morgan fingerprint density at radius 3 is 2.34 bits per heavy atom. The van der Waals surface area contributed by atoms with E-state index in [0.717, 1.165) is 5.56 Å². The molecule has 0 radical (unpaired) electrons. The lowest BCUT2D eigenvalue weighted by Crippen LogP contribution is -2.15. The number of hydrogen-bond acceptors (Lipinski definition) is 7. The molecular formula is C30H34F4N6O4. The molecule has 44 heavy (non-hydrogen) atoms. The molecule has 3 aliphatic rings. The van der Waals surface area contributed by atoms with Gasteiger partial charge in [-0.05, 0) is 17.7 Å². The van der Waals surface area contributed by atoms with E-state index in [4.69, 9.17) is 24.7 Å². The number of aliphatic hydroxyl groups excluding tert-OH is 2. The number of halogens is 4. The predicted octanol–water partition coefficient (Wildman–Crippen LogP) is 5.62. The number of nitrogens with zero attached hydrogens (tertiary/aromatic N) is 6. The van der Waals surface area contributed by atoms with Gasteiger partial charge < -0.3 is 24.3 Å². The maximum Gasteiger partial charge on any atom is 0.388 e. The number of ether oxygens (including phenoxy) is 2. The lowest BCUT2D eigenvalue weighted by atomic mass is 9.98. The highest BCUT2D eigenvalue weighted by molar-refractivity contribution is 5.97. The standard InChI is InChI=1S/C26H22F4N6O2.C2H6O2.C2H6/c1-34-14-17(24(33-34)38-26(29)30)18-16-9-5-10-35(13-15-7-3-2-4-8-15)23(16)31-20(18)19-21(22(27)28)32-36-11-6-12-37-25(19)36;3-1-2-4;1-2/h2-5,7-10,14,22,26H,6,11-13H2,1H3;3-4H,1-2H2;1-2H3. The van der Waals surface area contributed by atoms with Gasteiger partial charge in [-0.25, -0.2) is 18.4 Å². The molecule has 14 heteroatoms. The highest BCUT2D eigenvalue weighted by atomic mass is 19.3. The van der Waals surface area contributed by atoms with Crippen LogP contribution in [0, 0.1) is 0 Å². The summed E-state index contributed by atoms with van der Waals surface area (Å²) in [5.41, 5.74) is 1.76. The number of benzene rings is 1. The minimum atomic E-state index is -3.13. The third-order valence-corrected chi connectivity index (χ3v) is 6.46. The molecule has 10 nitrogen and oxygen atoms in total. The highest BCUT2D eigenvalue weighted by Gasteiger charge is 2.35. The number of aliphatic hydroxyl groups is 2. The number of alkyl halides is 4. The second kappa shape index (κ2) is 14.8. The van der Waals surface area contributed by atoms with Crippen LogP contribution in [0.25, 0.3) is 33.8 Å². The van der Waals surface area contributed by atoms with Gasteiger partial charge in [-0.2, -0.15) is 13.9 Å². The zero-order valence-electron chi connectivity index (χ0n) is 24.5. The Labute approximate surface area is 251 Å². The molecule has 0 amide bonds. The largest absolute Gasteiger partial charge is 0.477 e. The average molecular weight is 619 g/mol. The fourth-order valence-electron chi connectivity index (χ4n) is 4.84. The van der Waals surface area contributed by atoms with Gasteiger partial charge in [0, 0.05) is 50.1 Å². The van der Waals surface area contributed by atoms with E-state index in [2.05, 4.69) is 10.2 Å². The number of aryl methyl sites for hydroxylation is 2. The summed E-state index contributed by atoms with van der Waals surface area (Å²) in [6.45, 7) is 1.81. The number of pyridine rings is 1. The third kappa shape index (κ3) is 6.86. The summed E-state index contributed by atoms with van der Waals surface area (Å²) < 4.78 is 70.4. The van der Waals surface area contributed by atoms with Crippen molar-refractivity contribution in [2.45, 2.75) is 46.4 Å². The molecule has 0 aliphatic carbocycles. The van der Waals surface area contributed by atoms with Gasteiger partial charge in [-0.1, -0.05) is 44.2 Å². The van der Waals surface area contributed by atoms with Gasteiger partial charge in [0.1, 0.15) is 11.5 Å². The molecule has 2 aromatic heterocycles. The predicted molar refractivity (Wildman–Crippen MR) is 155 cm³/mol. The van der Waals surface area contributed by atoms with Crippen molar-refractivity contribution in [2.24, 2.45) is 7.05 Å². The minimum Gasteiger partial charge on any atom is -0.477 e. The van der Waals surface area contributed by atoms with E-state index in [9.17, 15) is 17.6 Å². The van der Waals surface area contributed by atoms with Crippen LogP contribution in [0.1, 0.15) is 38.0 Å². The number of hydrogen-bond donors (Lipinski definition) is 2. The van der Waals surface area contributed by atoms with E-state index in [-0.39, 0.29) is 41.8 Å². The van der Waals surface area contributed by atoms with Crippen molar-refractivity contribution in [3.05, 3.63) is 66.1 Å². The van der Waals surface area contributed by atoms with Crippen LogP contribution < -0.4 is 9.47 Å². The molecule has 6 rings (SSSR count). The SMILES string of the molecule is CC.Cn1cc(-c2c3cccn(Cc4ccccc4)c-3nc2-c2c(C(F)F)nn3c2OCCC3)c(OC(F)F)n1.OCCO. The maximum atomic E-state index is 14.3. The van der Waals surface area contributed by atoms with E-state index < -0.39 is 18.7 Å². The van der Waals surface area contributed by atoms with Gasteiger partial charge in [0.2, 0.25) is 11.8 Å². The van der Waals surface area contributed by atoms with Crippen LogP contribution in [-0.2, 0) is 20.1 Å². The molecule has 0 saturated carbocycles. The van der Waals surface area contributed by atoms with Gasteiger partial charge in [-0.3, -0.25) is 4.68 Å². The summed E-state index contributed by atoms with van der Waals surface area (Å²) in [4.78, 5) is 4.82. The normalized spacial score (nSPS) is 12.3. The Balaban J connectivity index is 0.000000683. The molecule has 0 spiro atoms. The Bertz CT molecular complexity index is 1600. The first kappa shape index (κ1) is 32.5. The summed E-state index contributed by atoms with van der Waals surface area (Å²) in [5, 5.41) is 23.4. The number of aromatic nitrogens is 6. The van der Waals surface area contributed by atoms with E-state index in [1.165, 1.54) is 15.6 Å². The molecule has 5 heterocycles. The lowest BCUT2D eigenvalue weighted by molar-refractivity contribution is -0.0527. The second-order valence-electron chi connectivity index (χ2n) is 9.33. The van der Waals surface area contributed by atoms with Crippen molar-refractivity contribution in [1.82, 2.24) is 29.1 Å². The minimum absolute atomic E-state index is 0.0315. The first-order valence-electron chi connectivity index (χ1n) is 14.1.